The molecule has 4 rings (SSSR count). The van der Waals surface area contributed by atoms with Gasteiger partial charge >= 0.3 is 0 Å². The summed E-state index contributed by atoms with van der Waals surface area (Å²) in [5.74, 6) is -0.546. The third-order valence-electron chi connectivity index (χ3n) is 4.49. The Labute approximate surface area is 186 Å². The van der Waals surface area contributed by atoms with Crippen LogP contribution >= 0.6 is 11.8 Å². The van der Waals surface area contributed by atoms with Crippen molar-refractivity contribution < 1.29 is 14.8 Å². The van der Waals surface area contributed by atoms with Crippen LogP contribution in [-0.4, -0.2) is 27.1 Å². The van der Waals surface area contributed by atoms with Crippen molar-refractivity contribution in [1.29, 1.82) is 0 Å². The van der Waals surface area contributed by atoms with Gasteiger partial charge in [0.2, 0.25) is 0 Å². The lowest BCUT2D eigenvalue weighted by Crippen LogP contribution is -2.17. The molecule has 0 aliphatic rings. The first kappa shape index (κ1) is 21.0. The van der Waals surface area contributed by atoms with Crippen molar-refractivity contribution in [1.82, 2.24) is 10.4 Å². The Morgan fingerprint density at radius 1 is 1.06 bits per heavy atom. The molecule has 3 aromatic carbocycles. The molecule has 0 bridgehead atoms. The number of nitro groups is 1. The monoisotopic (exact) mass is 444 g/mol. The zero-order valence-electron chi connectivity index (χ0n) is 16.5. The number of aromatic hydroxyl groups is 1. The predicted molar refractivity (Wildman–Crippen MR) is 122 cm³/mol. The minimum atomic E-state index is -0.511. The van der Waals surface area contributed by atoms with Gasteiger partial charge in [-0.05, 0) is 42.5 Å². The van der Waals surface area contributed by atoms with Gasteiger partial charge in [0.1, 0.15) is 5.75 Å². The van der Waals surface area contributed by atoms with E-state index in [1.165, 1.54) is 42.2 Å². The van der Waals surface area contributed by atoms with Crippen LogP contribution in [0.3, 0.4) is 0 Å². The van der Waals surface area contributed by atoms with Crippen molar-refractivity contribution in [3.8, 4) is 5.75 Å². The third kappa shape index (κ3) is 4.73. The van der Waals surface area contributed by atoms with Gasteiger partial charge in [-0.3, -0.25) is 19.9 Å². The number of benzene rings is 3. The van der Waals surface area contributed by atoms with E-state index < -0.39 is 10.8 Å². The minimum absolute atomic E-state index is 0.0349. The first-order chi connectivity index (χ1) is 15.5. The van der Waals surface area contributed by atoms with Crippen LogP contribution in [0.4, 0.5) is 5.69 Å². The number of phenols is 1. The summed E-state index contributed by atoms with van der Waals surface area (Å²) in [4.78, 5) is 28.9. The molecule has 0 unspecified atom stereocenters. The Morgan fingerprint density at radius 3 is 2.72 bits per heavy atom. The van der Waals surface area contributed by atoms with Crippen LogP contribution < -0.4 is 5.43 Å². The number of rotatable bonds is 6. The van der Waals surface area contributed by atoms with Gasteiger partial charge in [-0.1, -0.05) is 36.0 Å². The van der Waals surface area contributed by atoms with E-state index in [0.717, 1.165) is 15.8 Å². The van der Waals surface area contributed by atoms with Crippen LogP contribution in [0, 0.1) is 10.1 Å². The maximum Gasteiger partial charge on any atom is 0.283 e. The largest absolute Gasteiger partial charge is 0.508 e. The van der Waals surface area contributed by atoms with Crippen molar-refractivity contribution >= 4 is 40.5 Å². The highest BCUT2D eigenvalue weighted by Crippen LogP contribution is 2.38. The molecule has 0 saturated carbocycles. The number of carbonyl (C=O) groups is 1. The molecule has 9 heteroatoms. The second-order valence-electron chi connectivity index (χ2n) is 6.66. The molecule has 0 saturated heterocycles. The minimum Gasteiger partial charge on any atom is -0.508 e. The smallest absolute Gasteiger partial charge is 0.283 e. The first-order valence-electron chi connectivity index (χ1n) is 9.44. The molecule has 1 heterocycles. The third-order valence-corrected chi connectivity index (χ3v) is 5.63. The normalized spacial score (nSPS) is 11.0. The van der Waals surface area contributed by atoms with Gasteiger partial charge in [0.25, 0.3) is 11.6 Å². The number of hydrogen-bond donors (Lipinski definition) is 2. The molecule has 1 amide bonds. The summed E-state index contributed by atoms with van der Waals surface area (Å²) >= 11 is 1.29. The number of hydrazone groups is 1. The molecule has 32 heavy (non-hydrogen) atoms. The summed E-state index contributed by atoms with van der Waals surface area (Å²) in [6, 6.07) is 20.0. The van der Waals surface area contributed by atoms with E-state index in [1.54, 1.807) is 24.4 Å². The highest BCUT2D eigenvalue weighted by Gasteiger charge is 2.16. The molecule has 0 atom stereocenters. The number of nitrogens with zero attached hydrogens (tertiary/aromatic N) is 3. The van der Waals surface area contributed by atoms with Gasteiger partial charge < -0.3 is 5.11 Å². The molecule has 0 aliphatic heterocycles. The van der Waals surface area contributed by atoms with Gasteiger partial charge in [-0.15, -0.1) is 0 Å². The van der Waals surface area contributed by atoms with Crippen LogP contribution in [0.2, 0.25) is 0 Å². The molecular weight excluding hydrogens is 428 g/mol. The van der Waals surface area contributed by atoms with E-state index in [1.807, 2.05) is 30.3 Å². The zero-order chi connectivity index (χ0) is 22.5. The predicted octanol–water partition coefficient (Wildman–Crippen LogP) is 4.76. The molecule has 158 valence electrons. The molecule has 0 spiro atoms. The Kier molecular flexibility index (Phi) is 6.09. The molecule has 0 radical (unpaired) electrons. The van der Waals surface area contributed by atoms with Crippen molar-refractivity contribution in [3.05, 3.63) is 100 Å². The number of nitrogens with one attached hydrogen (secondary N) is 1. The van der Waals surface area contributed by atoms with Gasteiger partial charge in [-0.2, -0.15) is 5.10 Å². The van der Waals surface area contributed by atoms with Gasteiger partial charge in [0.15, 0.2) is 0 Å². The number of aromatic nitrogens is 1. The highest BCUT2D eigenvalue weighted by atomic mass is 32.2. The average molecular weight is 444 g/mol. The Balaban J connectivity index is 1.54. The molecule has 4 aromatic rings. The second-order valence-corrected chi connectivity index (χ2v) is 7.75. The quantitative estimate of drug-likeness (QED) is 0.251. The molecule has 1 aromatic heterocycles. The topological polar surface area (TPSA) is 118 Å². The number of carbonyl (C=O) groups excluding carboxylic acids is 1. The summed E-state index contributed by atoms with van der Waals surface area (Å²) in [6.45, 7) is 0. The summed E-state index contributed by atoms with van der Waals surface area (Å²) < 4.78 is 0. The van der Waals surface area contributed by atoms with Gasteiger partial charge in [0, 0.05) is 33.7 Å². The van der Waals surface area contributed by atoms with Crippen LogP contribution in [0.5, 0.6) is 5.75 Å². The van der Waals surface area contributed by atoms with Crippen molar-refractivity contribution in [3.63, 3.8) is 0 Å². The number of amides is 1. The number of hydrogen-bond acceptors (Lipinski definition) is 7. The summed E-state index contributed by atoms with van der Waals surface area (Å²) in [5.41, 5.74) is 3.77. The fraction of sp³-hybridized carbons (Fsp3) is 0. The van der Waals surface area contributed by atoms with Crippen LogP contribution in [-0.2, 0) is 0 Å². The Hall–Kier alpha value is -4.24. The molecule has 8 nitrogen and oxygen atoms in total. The van der Waals surface area contributed by atoms with Crippen molar-refractivity contribution in [2.45, 2.75) is 9.79 Å². The van der Waals surface area contributed by atoms with Crippen LogP contribution in [0.15, 0.2) is 93.9 Å². The molecule has 0 fully saturated rings. The molecule has 2 N–H and O–H groups in total. The van der Waals surface area contributed by atoms with Gasteiger partial charge in [0.05, 0.1) is 21.6 Å². The Bertz CT molecular complexity index is 1350. The standard InChI is InChI=1S/C23H16N4O4S/c28-17-5-1-4-16(13-17)23(29)26-25-14-15-9-10-22(20(12-15)27(30)31)32-21-8-2-7-19-18(21)6-3-11-24-19/h1-14,28H,(H,26,29). The van der Waals surface area contributed by atoms with Crippen molar-refractivity contribution in [2.75, 3.05) is 0 Å². The van der Waals surface area contributed by atoms with E-state index >= 15 is 0 Å². The van der Waals surface area contributed by atoms with E-state index in [9.17, 15) is 20.0 Å². The first-order valence-corrected chi connectivity index (χ1v) is 10.3. The van der Waals surface area contributed by atoms with Gasteiger partial charge in [-0.25, -0.2) is 5.43 Å². The van der Waals surface area contributed by atoms with E-state index in [-0.39, 0.29) is 17.0 Å². The SMILES string of the molecule is O=C(NN=Cc1ccc(Sc2cccc3ncccc23)c([N+](=O)[O-])c1)c1cccc(O)c1. The Morgan fingerprint density at radius 2 is 1.91 bits per heavy atom. The summed E-state index contributed by atoms with van der Waals surface area (Å²) in [5, 5.41) is 25.9. The number of phenolic OH excluding ortho intramolecular Hbond substituents is 1. The van der Waals surface area contributed by atoms with E-state index in [2.05, 4.69) is 15.5 Å². The maximum absolute atomic E-state index is 12.1. The average Bonchev–Trinajstić information content (AvgIpc) is 2.80. The fourth-order valence-corrected chi connectivity index (χ4v) is 4.04. The fourth-order valence-electron chi connectivity index (χ4n) is 3.00. The molecular formula is C23H16N4O4S. The highest BCUT2D eigenvalue weighted by molar-refractivity contribution is 7.99. The van der Waals surface area contributed by atoms with E-state index in [4.69, 9.17) is 0 Å². The van der Waals surface area contributed by atoms with E-state index in [0.29, 0.717) is 10.5 Å². The number of nitro benzene ring substituents is 1. The lowest BCUT2D eigenvalue weighted by Gasteiger charge is -2.07. The van der Waals surface area contributed by atoms with Crippen molar-refractivity contribution in [2.24, 2.45) is 5.10 Å². The summed E-state index contributed by atoms with van der Waals surface area (Å²) in [7, 11) is 0. The van der Waals surface area contributed by atoms with Crippen LogP contribution in [0.1, 0.15) is 15.9 Å². The maximum atomic E-state index is 12.1. The van der Waals surface area contributed by atoms with Crippen LogP contribution in [0.25, 0.3) is 10.9 Å². The molecule has 0 aliphatic carbocycles. The second kappa shape index (κ2) is 9.27. The lowest BCUT2D eigenvalue weighted by atomic mass is 10.2. The number of pyridine rings is 1. The summed E-state index contributed by atoms with van der Waals surface area (Å²) in [6.07, 6.45) is 3.02. The lowest BCUT2D eigenvalue weighted by molar-refractivity contribution is -0.387. The zero-order valence-corrected chi connectivity index (χ0v) is 17.3. The number of fused-ring (bicyclic) bond motifs is 1.